The van der Waals surface area contributed by atoms with E-state index in [1.54, 1.807) is 18.2 Å². The Hall–Kier alpha value is -1.72. The molecule has 2 amide bonds. The molecule has 1 N–H and O–H groups in total. The molecule has 1 aliphatic heterocycles. The van der Waals surface area contributed by atoms with Crippen LogP contribution in [0.2, 0.25) is 10.0 Å². The summed E-state index contributed by atoms with van der Waals surface area (Å²) in [5.41, 5.74) is 1.10. The predicted molar refractivity (Wildman–Crippen MR) is 70.1 cm³/mol. The Labute approximate surface area is 113 Å². The van der Waals surface area contributed by atoms with Gasteiger partial charge in [0.05, 0.1) is 6.54 Å². The summed E-state index contributed by atoms with van der Waals surface area (Å²) in [6.07, 6.45) is 0. The van der Waals surface area contributed by atoms with Crippen LogP contribution in [0.15, 0.2) is 45.7 Å². The molecule has 18 heavy (non-hydrogen) atoms. The molecule has 0 unspecified atom stereocenters. The zero-order chi connectivity index (χ0) is 13.1. The monoisotopic (exact) mass is 282 g/mol. The molecule has 7 heteroatoms. The fraction of sp³-hybridized carbons (Fsp3) is 0.0909. The van der Waals surface area contributed by atoms with Crippen molar-refractivity contribution >= 4 is 35.1 Å². The molecule has 0 saturated carbocycles. The summed E-state index contributed by atoms with van der Waals surface area (Å²) in [5, 5.41) is 10.4. The second kappa shape index (κ2) is 5.29. The van der Waals surface area contributed by atoms with Crippen molar-refractivity contribution < 1.29 is 4.79 Å². The summed E-state index contributed by atoms with van der Waals surface area (Å²) in [5.74, 6) is 0.293. The quantitative estimate of drug-likeness (QED) is 0.885. The Morgan fingerprint density at radius 2 is 2.11 bits per heavy atom. The molecule has 0 radical (unpaired) electrons. The molecular weight excluding hydrogens is 275 g/mol. The molecule has 0 saturated heterocycles. The zero-order valence-electron chi connectivity index (χ0n) is 9.15. The van der Waals surface area contributed by atoms with E-state index in [0.717, 1.165) is 5.56 Å². The maximum absolute atomic E-state index is 11.0. The van der Waals surface area contributed by atoms with Crippen molar-refractivity contribution in [3.05, 3.63) is 46.1 Å². The van der Waals surface area contributed by atoms with E-state index in [1.165, 1.54) is 0 Å². The molecule has 1 aliphatic rings. The van der Waals surface area contributed by atoms with Crippen LogP contribution < -0.4 is 5.32 Å². The Morgan fingerprint density at radius 1 is 1.33 bits per heavy atom. The van der Waals surface area contributed by atoms with Crippen molar-refractivity contribution in [1.29, 1.82) is 0 Å². The number of azo groups is 1. The minimum atomic E-state index is -0.566. The van der Waals surface area contributed by atoms with Gasteiger partial charge in [-0.15, -0.1) is 5.11 Å². The maximum Gasteiger partial charge on any atom is 0.365 e. The van der Waals surface area contributed by atoms with E-state index in [1.807, 2.05) is 0 Å². The van der Waals surface area contributed by atoms with Crippen LogP contribution in [0.5, 0.6) is 0 Å². The van der Waals surface area contributed by atoms with E-state index in [9.17, 15) is 4.79 Å². The van der Waals surface area contributed by atoms with E-state index < -0.39 is 6.03 Å². The van der Waals surface area contributed by atoms with Crippen LogP contribution in [0.4, 0.5) is 4.79 Å². The van der Waals surface area contributed by atoms with E-state index in [2.05, 4.69) is 27.1 Å². The lowest BCUT2D eigenvalue weighted by Gasteiger charge is -2.09. The second-order valence-electron chi connectivity index (χ2n) is 3.48. The number of rotatable bonds is 2. The molecule has 0 bridgehead atoms. The SMILES string of the molecule is C=C1N=NC(=O)NC1=NCc1ccc(Cl)cc1Cl. The highest BCUT2D eigenvalue weighted by Gasteiger charge is 2.14. The normalized spacial score (nSPS) is 17.1. The third-order valence-electron chi connectivity index (χ3n) is 2.18. The van der Waals surface area contributed by atoms with Crippen molar-refractivity contribution in [2.75, 3.05) is 0 Å². The van der Waals surface area contributed by atoms with Crippen LogP contribution in [0.25, 0.3) is 0 Å². The first-order valence-electron chi connectivity index (χ1n) is 4.96. The van der Waals surface area contributed by atoms with Gasteiger partial charge in [-0.25, -0.2) is 4.79 Å². The number of carbonyl (C=O) groups excluding carboxylic acids is 1. The summed E-state index contributed by atoms with van der Waals surface area (Å²) in [6, 6.07) is 4.55. The molecule has 0 atom stereocenters. The van der Waals surface area contributed by atoms with Gasteiger partial charge in [0.25, 0.3) is 0 Å². The molecular formula is C11H8Cl2N4O. The van der Waals surface area contributed by atoms with Crippen LogP contribution in [-0.2, 0) is 6.54 Å². The van der Waals surface area contributed by atoms with Gasteiger partial charge >= 0.3 is 6.03 Å². The molecule has 1 aromatic carbocycles. The third-order valence-corrected chi connectivity index (χ3v) is 2.77. The molecule has 0 fully saturated rings. The Bertz CT molecular complexity index is 580. The molecule has 1 aromatic rings. The van der Waals surface area contributed by atoms with Crippen molar-refractivity contribution in [2.24, 2.45) is 15.2 Å². The van der Waals surface area contributed by atoms with Gasteiger partial charge in [-0.05, 0) is 17.7 Å². The van der Waals surface area contributed by atoms with Crippen molar-refractivity contribution in [1.82, 2.24) is 5.32 Å². The van der Waals surface area contributed by atoms with Crippen LogP contribution in [0.3, 0.4) is 0 Å². The molecule has 0 aromatic heterocycles. The van der Waals surface area contributed by atoms with Crippen LogP contribution in [0, 0.1) is 0 Å². The van der Waals surface area contributed by atoms with E-state index >= 15 is 0 Å². The van der Waals surface area contributed by atoms with Crippen molar-refractivity contribution in [3.8, 4) is 0 Å². The molecule has 0 aliphatic carbocycles. The van der Waals surface area contributed by atoms with Gasteiger partial charge in [-0.3, -0.25) is 10.3 Å². The summed E-state index contributed by atoms with van der Waals surface area (Å²) in [4.78, 5) is 15.2. The summed E-state index contributed by atoms with van der Waals surface area (Å²) < 4.78 is 0. The average molecular weight is 283 g/mol. The second-order valence-corrected chi connectivity index (χ2v) is 4.32. The van der Waals surface area contributed by atoms with E-state index in [-0.39, 0.29) is 0 Å². The largest absolute Gasteiger partial charge is 0.365 e. The number of carbonyl (C=O) groups is 1. The highest BCUT2D eigenvalue weighted by atomic mass is 35.5. The number of hydrogen-bond donors (Lipinski definition) is 1. The highest BCUT2D eigenvalue weighted by molar-refractivity contribution is 6.35. The lowest BCUT2D eigenvalue weighted by Crippen LogP contribution is -2.31. The predicted octanol–water partition coefficient (Wildman–Crippen LogP) is 3.58. The van der Waals surface area contributed by atoms with Crippen LogP contribution >= 0.6 is 23.2 Å². The average Bonchev–Trinajstić information content (AvgIpc) is 2.32. The number of benzene rings is 1. The number of aliphatic imine (C=N–C) groups is 1. The van der Waals surface area contributed by atoms with E-state index in [4.69, 9.17) is 23.2 Å². The van der Waals surface area contributed by atoms with E-state index in [0.29, 0.717) is 28.1 Å². The van der Waals surface area contributed by atoms with Crippen molar-refractivity contribution in [3.63, 3.8) is 0 Å². The van der Waals surface area contributed by atoms with Gasteiger partial charge in [-0.2, -0.15) is 0 Å². The minimum absolute atomic E-state index is 0.292. The topological polar surface area (TPSA) is 66.2 Å². The fourth-order valence-electron chi connectivity index (χ4n) is 1.30. The number of nitrogens with one attached hydrogen (secondary N) is 1. The minimum Gasteiger partial charge on any atom is -0.288 e. The Morgan fingerprint density at radius 3 is 2.83 bits per heavy atom. The number of amidine groups is 1. The highest BCUT2D eigenvalue weighted by Crippen LogP contribution is 2.21. The summed E-state index contributed by atoms with van der Waals surface area (Å²) in [7, 11) is 0. The van der Waals surface area contributed by atoms with Gasteiger partial charge in [0.2, 0.25) is 0 Å². The Kier molecular flexibility index (Phi) is 3.74. The Balaban J connectivity index is 2.17. The fourth-order valence-corrected chi connectivity index (χ4v) is 1.76. The number of nitrogens with zero attached hydrogens (tertiary/aromatic N) is 3. The van der Waals surface area contributed by atoms with Gasteiger partial charge in [0.1, 0.15) is 5.70 Å². The standard InChI is InChI=1S/C11H8Cl2N4O/c1-6-10(15-11(18)17-16-6)14-5-7-2-3-8(12)4-9(7)13/h2-4H,1,5H2,(H,14,15,18). The summed E-state index contributed by atoms with van der Waals surface area (Å²) >= 11 is 11.8. The number of hydrogen-bond acceptors (Lipinski definition) is 3. The number of amides is 2. The molecule has 92 valence electrons. The zero-order valence-corrected chi connectivity index (χ0v) is 10.7. The lowest BCUT2D eigenvalue weighted by molar-refractivity contribution is 0.251. The first-order valence-corrected chi connectivity index (χ1v) is 5.72. The van der Waals surface area contributed by atoms with Crippen LogP contribution in [-0.4, -0.2) is 11.9 Å². The first kappa shape index (κ1) is 12.7. The molecule has 2 rings (SSSR count). The number of halogens is 2. The third kappa shape index (κ3) is 2.94. The maximum atomic E-state index is 11.0. The summed E-state index contributed by atoms with van der Waals surface area (Å²) in [6.45, 7) is 3.91. The lowest BCUT2D eigenvalue weighted by atomic mass is 10.2. The smallest absolute Gasteiger partial charge is 0.288 e. The van der Waals surface area contributed by atoms with Gasteiger partial charge in [0.15, 0.2) is 5.84 Å². The van der Waals surface area contributed by atoms with Gasteiger partial charge in [-0.1, -0.05) is 41.0 Å². The number of urea groups is 1. The molecule has 5 nitrogen and oxygen atoms in total. The van der Waals surface area contributed by atoms with Gasteiger partial charge in [0, 0.05) is 10.0 Å². The molecule has 1 heterocycles. The van der Waals surface area contributed by atoms with Crippen LogP contribution in [0.1, 0.15) is 5.56 Å². The van der Waals surface area contributed by atoms with Crippen molar-refractivity contribution in [2.45, 2.75) is 6.54 Å². The molecule has 0 spiro atoms. The first-order chi connectivity index (χ1) is 8.56. The van der Waals surface area contributed by atoms with Gasteiger partial charge < -0.3 is 0 Å².